The Hall–Kier alpha value is -3.29. The molecular formula is C20H21N7O. The minimum atomic E-state index is -0.130. The predicted molar refractivity (Wildman–Crippen MR) is 105 cm³/mol. The first kappa shape index (κ1) is 16.9. The average Bonchev–Trinajstić information content (AvgIpc) is 3.17. The van der Waals surface area contributed by atoms with Gasteiger partial charge in [-0.05, 0) is 19.8 Å². The van der Waals surface area contributed by atoms with Crippen LogP contribution in [0.15, 0.2) is 30.7 Å². The van der Waals surface area contributed by atoms with Gasteiger partial charge in [-0.15, -0.1) is 0 Å². The molecule has 1 aliphatic heterocycles. The summed E-state index contributed by atoms with van der Waals surface area (Å²) in [6.07, 6.45) is 7.90. The van der Waals surface area contributed by atoms with Crippen LogP contribution in [0.1, 0.15) is 31.0 Å². The van der Waals surface area contributed by atoms with E-state index in [1.807, 2.05) is 38.5 Å². The van der Waals surface area contributed by atoms with Crippen molar-refractivity contribution in [1.82, 2.24) is 24.7 Å². The molecule has 3 aromatic heterocycles. The Morgan fingerprint density at radius 2 is 2.04 bits per heavy atom. The fraction of sp³-hybridized carbons (Fsp3) is 0.350. The summed E-state index contributed by atoms with van der Waals surface area (Å²) in [6, 6.07) is 3.95. The second kappa shape index (κ2) is 5.85. The third-order valence-corrected chi connectivity index (χ3v) is 5.44. The summed E-state index contributed by atoms with van der Waals surface area (Å²) in [7, 11) is 1.88. The van der Waals surface area contributed by atoms with E-state index >= 15 is 0 Å². The molecule has 142 valence electrons. The zero-order valence-electron chi connectivity index (χ0n) is 16.1. The number of nitrogens with one attached hydrogen (secondary N) is 1. The van der Waals surface area contributed by atoms with Crippen molar-refractivity contribution < 1.29 is 4.79 Å². The van der Waals surface area contributed by atoms with Gasteiger partial charge in [-0.2, -0.15) is 5.10 Å². The van der Waals surface area contributed by atoms with Crippen LogP contribution in [0.5, 0.6) is 0 Å². The summed E-state index contributed by atoms with van der Waals surface area (Å²) in [5.74, 6) is 1.95. The van der Waals surface area contributed by atoms with Gasteiger partial charge in [0.15, 0.2) is 5.82 Å². The maximum Gasteiger partial charge on any atom is 0.222 e. The zero-order valence-corrected chi connectivity index (χ0v) is 16.1. The number of aromatic nitrogens is 5. The van der Waals surface area contributed by atoms with Gasteiger partial charge in [0.05, 0.1) is 17.4 Å². The SMILES string of the molecule is CC(=O)Nc1cc2c(cn1)C1(CC1)CN2c1cc(C)nc(-c2cnn(C)c2)n1. The Bertz CT molecular complexity index is 1100. The molecule has 0 atom stereocenters. The van der Waals surface area contributed by atoms with E-state index in [1.54, 1.807) is 10.9 Å². The molecule has 1 N–H and O–H groups in total. The number of rotatable bonds is 3. The molecule has 0 aromatic carbocycles. The summed E-state index contributed by atoms with van der Waals surface area (Å²) in [5, 5.41) is 7.02. The lowest BCUT2D eigenvalue weighted by Crippen LogP contribution is -2.20. The van der Waals surface area contributed by atoms with Crippen molar-refractivity contribution >= 4 is 23.2 Å². The van der Waals surface area contributed by atoms with Gasteiger partial charge >= 0.3 is 0 Å². The van der Waals surface area contributed by atoms with Crippen molar-refractivity contribution in [1.29, 1.82) is 0 Å². The molecule has 3 aromatic rings. The van der Waals surface area contributed by atoms with Gasteiger partial charge < -0.3 is 10.2 Å². The second-order valence-corrected chi connectivity index (χ2v) is 7.73. The van der Waals surface area contributed by atoms with Crippen LogP contribution >= 0.6 is 0 Å². The van der Waals surface area contributed by atoms with Gasteiger partial charge in [0, 0.05) is 61.7 Å². The number of carbonyl (C=O) groups is 1. The Kier molecular flexibility index (Phi) is 3.52. The van der Waals surface area contributed by atoms with Crippen molar-refractivity contribution in [2.45, 2.75) is 32.1 Å². The van der Waals surface area contributed by atoms with Gasteiger partial charge in [0.2, 0.25) is 5.91 Å². The number of pyridine rings is 1. The number of carbonyl (C=O) groups excluding carboxylic acids is 1. The average molecular weight is 375 g/mol. The first-order valence-electron chi connectivity index (χ1n) is 9.34. The lowest BCUT2D eigenvalue weighted by Gasteiger charge is -2.20. The Labute approximate surface area is 162 Å². The molecule has 1 saturated carbocycles. The predicted octanol–water partition coefficient (Wildman–Crippen LogP) is 2.72. The molecule has 0 unspecified atom stereocenters. The molecule has 2 aliphatic rings. The molecule has 1 fully saturated rings. The van der Waals surface area contributed by atoms with Gasteiger partial charge in [-0.25, -0.2) is 15.0 Å². The molecular weight excluding hydrogens is 354 g/mol. The molecule has 28 heavy (non-hydrogen) atoms. The minimum Gasteiger partial charge on any atom is -0.325 e. The number of aryl methyl sites for hydroxylation is 2. The number of nitrogens with zero attached hydrogens (tertiary/aromatic N) is 6. The van der Waals surface area contributed by atoms with Gasteiger partial charge in [-0.3, -0.25) is 9.48 Å². The second-order valence-electron chi connectivity index (χ2n) is 7.73. The molecule has 5 rings (SSSR count). The largest absolute Gasteiger partial charge is 0.325 e. The van der Waals surface area contributed by atoms with E-state index in [9.17, 15) is 4.79 Å². The summed E-state index contributed by atoms with van der Waals surface area (Å²) < 4.78 is 1.75. The monoisotopic (exact) mass is 375 g/mol. The number of hydrogen-bond acceptors (Lipinski definition) is 6. The summed E-state index contributed by atoms with van der Waals surface area (Å²) in [5.41, 5.74) is 4.25. The van der Waals surface area contributed by atoms with Crippen LogP contribution in [0, 0.1) is 6.92 Å². The number of hydrogen-bond donors (Lipinski definition) is 1. The molecule has 0 saturated heterocycles. The van der Waals surface area contributed by atoms with E-state index in [4.69, 9.17) is 4.98 Å². The number of anilines is 3. The van der Waals surface area contributed by atoms with Crippen LogP contribution in [-0.2, 0) is 17.3 Å². The van der Waals surface area contributed by atoms with Crippen molar-refractivity contribution in [2.24, 2.45) is 7.05 Å². The van der Waals surface area contributed by atoms with E-state index in [-0.39, 0.29) is 11.3 Å². The van der Waals surface area contributed by atoms with Gasteiger partial charge in [0.1, 0.15) is 11.6 Å². The Morgan fingerprint density at radius 3 is 2.71 bits per heavy atom. The van der Waals surface area contributed by atoms with E-state index in [0.29, 0.717) is 11.6 Å². The molecule has 0 bridgehead atoms. The molecule has 1 amide bonds. The van der Waals surface area contributed by atoms with E-state index in [0.717, 1.165) is 42.1 Å². The summed E-state index contributed by atoms with van der Waals surface area (Å²) in [6.45, 7) is 4.34. The van der Waals surface area contributed by atoms with Crippen molar-refractivity contribution in [3.8, 4) is 11.4 Å². The van der Waals surface area contributed by atoms with Crippen molar-refractivity contribution in [2.75, 3.05) is 16.8 Å². The fourth-order valence-corrected chi connectivity index (χ4v) is 3.94. The molecule has 8 heteroatoms. The smallest absolute Gasteiger partial charge is 0.222 e. The lowest BCUT2D eigenvalue weighted by molar-refractivity contribution is -0.114. The highest BCUT2D eigenvalue weighted by atomic mass is 16.1. The first-order chi connectivity index (χ1) is 13.4. The highest BCUT2D eigenvalue weighted by Gasteiger charge is 2.52. The van der Waals surface area contributed by atoms with Crippen LogP contribution in [0.25, 0.3) is 11.4 Å². The quantitative estimate of drug-likeness (QED) is 0.757. The van der Waals surface area contributed by atoms with Crippen LogP contribution in [0.4, 0.5) is 17.3 Å². The van der Waals surface area contributed by atoms with Crippen LogP contribution < -0.4 is 10.2 Å². The summed E-state index contributed by atoms with van der Waals surface area (Å²) in [4.78, 5) is 27.6. The zero-order chi connectivity index (χ0) is 19.5. The molecule has 8 nitrogen and oxygen atoms in total. The van der Waals surface area contributed by atoms with Crippen molar-refractivity contribution in [3.05, 3.63) is 42.0 Å². The third kappa shape index (κ3) is 2.72. The topological polar surface area (TPSA) is 88.8 Å². The van der Waals surface area contributed by atoms with E-state index in [2.05, 4.69) is 25.3 Å². The maximum atomic E-state index is 11.5. The first-order valence-corrected chi connectivity index (χ1v) is 9.34. The highest BCUT2D eigenvalue weighted by molar-refractivity contribution is 5.89. The maximum absolute atomic E-state index is 11.5. The minimum absolute atomic E-state index is 0.130. The fourth-order valence-electron chi connectivity index (χ4n) is 3.94. The third-order valence-electron chi connectivity index (χ3n) is 5.44. The standard InChI is InChI=1S/C20H21N7O/c1-12-6-18(25-19(23-12)14-8-22-26(3)10-14)27-11-20(4-5-20)15-9-21-17(7-16(15)27)24-13(2)28/h6-10H,4-5,11H2,1-3H3,(H,21,24,28). The Morgan fingerprint density at radius 1 is 1.21 bits per heavy atom. The number of fused-ring (bicyclic) bond motifs is 2. The molecule has 0 radical (unpaired) electrons. The number of amides is 1. The molecule has 1 aliphatic carbocycles. The molecule has 4 heterocycles. The molecule has 1 spiro atoms. The van der Waals surface area contributed by atoms with Gasteiger partial charge in [-0.1, -0.05) is 0 Å². The van der Waals surface area contributed by atoms with Gasteiger partial charge in [0.25, 0.3) is 0 Å². The van der Waals surface area contributed by atoms with Crippen LogP contribution in [0.3, 0.4) is 0 Å². The van der Waals surface area contributed by atoms with E-state index < -0.39 is 0 Å². The van der Waals surface area contributed by atoms with Crippen LogP contribution in [-0.4, -0.2) is 37.2 Å². The lowest BCUT2D eigenvalue weighted by atomic mass is 10.0. The Balaban J connectivity index is 1.59. The normalized spacial score (nSPS) is 16.3. The van der Waals surface area contributed by atoms with E-state index in [1.165, 1.54) is 12.5 Å². The highest BCUT2D eigenvalue weighted by Crippen LogP contribution is 2.58. The van der Waals surface area contributed by atoms with Crippen molar-refractivity contribution in [3.63, 3.8) is 0 Å². The summed E-state index contributed by atoms with van der Waals surface area (Å²) >= 11 is 0. The van der Waals surface area contributed by atoms with Crippen LogP contribution in [0.2, 0.25) is 0 Å².